The molecule has 2 saturated heterocycles. The Balaban J connectivity index is 1.40. The Morgan fingerprint density at radius 3 is 2.03 bits per heavy atom. The van der Waals surface area contributed by atoms with Crippen molar-refractivity contribution >= 4 is 21.6 Å². The van der Waals surface area contributed by atoms with Crippen LogP contribution in [0.25, 0.3) is 0 Å². The zero-order valence-corrected chi connectivity index (χ0v) is 19.2. The van der Waals surface area contributed by atoms with Gasteiger partial charge in [0.25, 0.3) is 5.91 Å². The van der Waals surface area contributed by atoms with E-state index in [4.69, 9.17) is 4.74 Å². The molecular formula is C23H29N3O5S. The van der Waals surface area contributed by atoms with E-state index in [2.05, 4.69) is 4.90 Å². The number of nitrogens with zero attached hydrogens (tertiary/aromatic N) is 3. The van der Waals surface area contributed by atoms with Crippen LogP contribution in [-0.2, 0) is 14.8 Å². The van der Waals surface area contributed by atoms with Crippen molar-refractivity contribution in [2.24, 2.45) is 0 Å². The highest BCUT2D eigenvalue weighted by molar-refractivity contribution is 7.89. The average molecular weight is 460 g/mol. The van der Waals surface area contributed by atoms with Crippen LogP contribution in [0.4, 0.5) is 5.69 Å². The van der Waals surface area contributed by atoms with Crippen LogP contribution in [-0.4, -0.2) is 80.1 Å². The molecule has 4 rings (SSSR count). The Kier molecular flexibility index (Phi) is 6.41. The summed E-state index contributed by atoms with van der Waals surface area (Å²) in [6.07, 6.45) is -0.316. The summed E-state index contributed by atoms with van der Waals surface area (Å²) >= 11 is 0. The fourth-order valence-corrected chi connectivity index (χ4v) is 5.85. The first-order valence-corrected chi connectivity index (χ1v) is 12.3. The number of benzene rings is 2. The monoisotopic (exact) mass is 459 g/mol. The molecule has 2 aliphatic rings. The van der Waals surface area contributed by atoms with Crippen LogP contribution in [0.5, 0.6) is 5.75 Å². The molecule has 0 radical (unpaired) electrons. The average Bonchev–Trinajstić information content (AvgIpc) is 2.79. The van der Waals surface area contributed by atoms with Crippen LogP contribution in [0.1, 0.15) is 24.2 Å². The summed E-state index contributed by atoms with van der Waals surface area (Å²) in [6, 6.07) is 13.2. The van der Waals surface area contributed by atoms with E-state index in [1.807, 2.05) is 26.0 Å². The summed E-state index contributed by atoms with van der Waals surface area (Å²) in [6.45, 7) is 6.89. The van der Waals surface area contributed by atoms with E-state index in [0.29, 0.717) is 44.8 Å². The Labute approximate surface area is 189 Å². The van der Waals surface area contributed by atoms with E-state index in [1.54, 1.807) is 29.2 Å². The van der Waals surface area contributed by atoms with Crippen LogP contribution >= 0.6 is 0 Å². The van der Waals surface area contributed by atoms with Gasteiger partial charge >= 0.3 is 0 Å². The van der Waals surface area contributed by atoms with Crippen molar-refractivity contribution in [3.63, 3.8) is 0 Å². The highest BCUT2D eigenvalue weighted by Gasteiger charge is 2.32. The second-order valence-corrected chi connectivity index (χ2v) is 10.3. The number of piperazine rings is 1. The maximum Gasteiger partial charge on any atom is 0.253 e. The second-order valence-electron chi connectivity index (χ2n) is 8.40. The lowest BCUT2D eigenvalue weighted by molar-refractivity contribution is -0.0440. The lowest BCUT2D eigenvalue weighted by Gasteiger charge is -2.36. The molecule has 32 heavy (non-hydrogen) atoms. The van der Waals surface area contributed by atoms with Gasteiger partial charge in [-0.15, -0.1) is 0 Å². The number of morpholine rings is 1. The molecule has 0 saturated carbocycles. The van der Waals surface area contributed by atoms with E-state index < -0.39 is 10.0 Å². The molecule has 9 heteroatoms. The van der Waals surface area contributed by atoms with Gasteiger partial charge < -0.3 is 19.6 Å². The van der Waals surface area contributed by atoms with Gasteiger partial charge in [-0.2, -0.15) is 4.31 Å². The van der Waals surface area contributed by atoms with Crippen LogP contribution in [0, 0.1) is 0 Å². The summed E-state index contributed by atoms with van der Waals surface area (Å²) in [5, 5.41) is 9.45. The van der Waals surface area contributed by atoms with Crippen molar-refractivity contribution in [2.75, 3.05) is 44.2 Å². The highest BCUT2D eigenvalue weighted by Crippen LogP contribution is 2.23. The van der Waals surface area contributed by atoms with Crippen molar-refractivity contribution in [1.29, 1.82) is 0 Å². The predicted molar refractivity (Wildman–Crippen MR) is 121 cm³/mol. The van der Waals surface area contributed by atoms with Crippen LogP contribution in [0.15, 0.2) is 53.4 Å². The molecule has 0 aliphatic carbocycles. The Bertz CT molecular complexity index is 1040. The van der Waals surface area contributed by atoms with E-state index in [-0.39, 0.29) is 28.8 Å². The largest absolute Gasteiger partial charge is 0.508 e. The van der Waals surface area contributed by atoms with E-state index in [9.17, 15) is 18.3 Å². The number of carbonyl (C=O) groups excluding carboxylic acids is 1. The number of ether oxygens (including phenoxy) is 1. The van der Waals surface area contributed by atoms with Crippen molar-refractivity contribution in [3.8, 4) is 5.75 Å². The number of sulfonamides is 1. The maximum absolute atomic E-state index is 13.0. The second kappa shape index (κ2) is 9.09. The molecule has 1 amide bonds. The summed E-state index contributed by atoms with van der Waals surface area (Å²) in [5.41, 5.74) is 1.49. The molecule has 2 aromatic carbocycles. The Hall–Kier alpha value is -2.62. The van der Waals surface area contributed by atoms with Crippen molar-refractivity contribution in [1.82, 2.24) is 9.21 Å². The fraction of sp³-hybridized carbons (Fsp3) is 0.435. The molecule has 2 heterocycles. The number of carbonyl (C=O) groups is 1. The minimum atomic E-state index is -3.63. The van der Waals surface area contributed by atoms with Gasteiger partial charge in [0.2, 0.25) is 10.0 Å². The molecule has 2 aromatic rings. The van der Waals surface area contributed by atoms with Crippen molar-refractivity contribution < 1.29 is 23.1 Å². The predicted octanol–water partition coefficient (Wildman–Crippen LogP) is 2.15. The number of phenols is 1. The third kappa shape index (κ3) is 4.74. The SMILES string of the molecule is C[C@@H]1CN(S(=O)(=O)c2ccc(C(=O)N3CCN(c4ccc(O)cc4)CC3)cc2)C[C@@H](C)O1. The lowest BCUT2D eigenvalue weighted by Crippen LogP contribution is -2.48. The van der Waals surface area contributed by atoms with Gasteiger partial charge in [0.05, 0.1) is 17.1 Å². The van der Waals surface area contributed by atoms with Gasteiger partial charge in [-0.1, -0.05) is 0 Å². The van der Waals surface area contributed by atoms with E-state index in [1.165, 1.54) is 16.4 Å². The molecule has 2 aliphatic heterocycles. The van der Waals surface area contributed by atoms with E-state index in [0.717, 1.165) is 5.69 Å². The van der Waals surface area contributed by atoms with Gasteiger partial charge in [-0.25, -0.2) is 8.42 Å². The lowest BCUT2D eigenvalue weighted by atomic mass is 10.1. The molecular weight excluding hydrogens is 430 g/mol. The summed E-state index contributed by atoms with van der Waals surface area (Å²) in [5.74, 6) is 0.124. The molecule has 0 bridgehead atoms. The normalized spacial score (nSPS) is 22.7. The fourth-order valence-electron chi connectivity index (χ4n) is 4.26. The van der Waals surface area contributed by atoms with Gasteiger partial charge in [0.1, 0.15) is 5.75 Å². The third-order valence-electron chi connectivity index (χ3n) is 5.91. The molecule has 1 N–H and O–H groups in total. The highest BCUT2D eigenvalue weighted by atomic mass is 32.2. The van der Waals surface area contributed by atoms with Gasteiger partial charge in [0.15, 0.2) is 0 Å². The molecule has 2 fully saturated rings. The minimum Gasteiger partial charge on any atom is -0.508 e. The van der Waals surface area contributed by atoms with Crippen LogP contribution < -0.4 is 4.90 Å². The minimum absolute atomic E-state index is 0.104. The number of rotatable bonds is 4. The number of amides is 1. The van der Waals surface area contributed by atoms with E-state index >= 15 is 0 Å². The third-order valence-corrected chi connectivity index (χ3v) is 7.75. The first-order valence-electron chi connectivity index (χ1n) is 10.8. The van der Waals surface area contributed by atoms with Crippen LogP contribution in [0.3, 0.4) is 0 Å². The molecule has 0 spiro atoms. The number of hydrogen-bond acceptors (Lipinski definition) is 6. The summed E-state index contributed by atoms with van der Waals surface area (Å²) < 4.78 is 33.1. The van der Waals surface area contributed by atoms with Crippen LogP contribution in [0.2, 0.25) is 0 Å². The zero-order chi connectivity index (χ0) is 22.9. The number of aromatic hydroxyl groups is 1. The van der Waals surface area contributed by atoms with Crippen molar-refractivity contribution in [2.45, 2.75) is 31.0 Å². The molecule has 0 unspecified atom stereocenters. The molecule has 8 nitrogen and oxygen atoms in total. The first-order chi connectivity index (χ1) is 15.2. The number of anilines is 1. The van der Waals surface area contributed by atoms with Crippen molar-refractivity contribution in [3.05, 3.63) is 54.1 Å². The number of hydrogen-bond donors (Lipinski definition) is 1. The molecule has 0 aromatic heterocycles. The number of phenolic OH excluding ortho intramolecular Hbond substituents is 1. The standard InChI is InChI=1S/C23H29N3O5S/c1-17-15-26(16-18(2)31-17)32(29,30)22-9-3-19(4-10-22)23(28)25-13-11-24(12-14-25)20-5-7-21(27)8-6-20/h3-10,17-18,27H,11-16H2,1-2H3/t17-,18-/m1/s1. The first kappa shape index (κ1) is 22.6. The van der Waals surface area contributed by atoms with Gasteiger partial charge in [0, 0.05) is 50.5 Å². The molecule has 2 atom stereocenters. The Morgan fingerprint density at radius 2 is 1.47 bits per heavy atom. The topological polar surface area (TPSA) is 90.4 Å². The maximum atomic E-state index is 13.0. The smallest absolute Gasteiger partial charge is 0.253 e. The van der Waals surface area contributed by atoms with Gasteiger partial charge in [-0.05, 0) is 62.4 Å². The molecule has 172 valence electrons. The summed E-state index contributed by atoms with van der Waals surface area (Å²) in [4.78, 5) is 17.1. The zero-order valence-electron chi connectivity index (χ0n) is 18.3. The summed E-state index contributed by atoms with van der Waals surface area (Å²) in [7, 11) is -3.63. The quantitative estimate of drug-likeness (QED) is 0.754. The van der Waals surface area contributed by atoms with Gasteiger partial charge in [-0.3, -0.25) is 4.79 Å². The Morgan fingerprint density at radius 1 is 0.906 bits per heavy atom.